The summed E-state index contributed by atoms with van der Waals surface area (Å²) in [6, 6.07) is 13.1. The molecule has 0 aliphatic carbocycles. The second kappa shape index (κ2) is 21.0. The van der Waals surface area contributed by atoms with Gasteiger partial charge in [-0.25, -0.2) is 0 Å². The van der Waals surface area contributed by atoms with Crippen molar-refractivity contribution in [3.63, 3.8) is 0 Å². The SMILES string of the molecule is CCCCCCCCCCCCCCCCCCN(C)c1cccc(N(C(=O)CCNc2cccc(O)c2)S(=O)(=O)O)c1. The maximum Gasteiger partial charge on any atom is 0.366 e. The third-order valence-electron chi connectivity index (χ3n) is 7.82. The number of hydrogen-bond donors (Lipinski definition) is 3. The lowest BCUT2D eigenvalue weighted by Gasteiger charge is -2.23. The topological polar surface area (TPSA) is 110 Å². The van der Waals surface area contributed by atoms with Crippen LogP contribution in [0, 0.1) is 0 Å². The monoisotopic (exact) mass is 617 g/mol. The van der Waals surface area contributed by atoms with Crippen LogP contribution in [0.25, 0.3) is 0 Å². The van der Waals surface area contributed by atoms with Crippen molar-refractivity contribution in [3.8, 4) is 5.75 Å². The Hall–Kier alpha value is -2.78. The third kappa shape index (κ3) is 15.5. The summed E-state index contributed by atoms with van der Waals surface area (Å²) >= 11 is 0. The lowest BCUT2D eigenvalue weighted by Crippen LogP contribution is -2.37. The number of aromatic hydroxyl groups is 1. The van der Waals surface area contributed by atoms with Crippen molar-refractivity contribution in [3.05, 3.63) is 48.5 Å². The number of phenolic OH excluding ortho intramolecular Hbond substituents is 1. The third-order valence-corrected chi connectivity index (χ3v) is 8.70. The van der Waals surface area contributed by atoms with Crippen LogP contribution in [0.1, 0.15) is 116 Å². The quantitative estimate of drug-likeness (QED) is 0.0798. The van der Waals surface area contributed by atoms with E-state index in [2.05, 4.69) is 12.2 Å². The summed E-state index contributed by atoms with van der Waals surface area (Å²) in [7, 11) is -2.86. The maximum atomic E-state index is 12.9. The second-order valence-corrected chi connectivity index (χ2v) is 12.9. The normalized spacial score (nSPS) is 11.4. The van der Waals surface area contributed by atoms with Gasteiger partial charge in [0, 0.05) is 44.0 Å². The Balaban J connectivity index is 1.66. The summed E-state index contributed by atoms with van der Waals surface area (Å²) in [6.45, 7) is 3.21. The van der Waals surface area contributed by atoms with Crippen molar-refractivity contribution in [2.24, 2.45) is 0 Å². The summed E-state index contributed by atoms with van der Waals surface area (Å²) in [5.41, 5.74) is 1.47. The second-order valence-electron chi connectivity index (χ2n) is 11.6. The van der Waals surface area contributed by atoms with E-state index in [-0.39, 0.29) is 24.4 Å². The molecule has 2 rings (SSSR count). The van der Waals surface area contributed by atoms with Crippen molar-refractivity contribution in [2.45, 2.75) is 116 Å². The van der Waals surface area contributed by atoms with Crippen molar-refractivity contribution in [1.29, 1.82) is 0 Å². The molecule has 1 amide bonds. The molecule has 43 heavy (non-hydrogen) atoms. The highest BCUT2D eigenvalue weighted by Crippen LogP contribution is 2.25. The van der Waals surface area contributed by atoms with Crippen LogP contribution in [0.15, 0.2) is 48.5 Å². The van der Waals surface area contributed by atoms with E-state index >= 15 is 0 Å². The van der Waals surface area contributed by atoms with Gasteiger partial charge in [0.1, 0.15) is 5.75 Å². The van der Waals surface area contributed by atoms with Crippen molar-refractivity contribution in [2.75, 3.05) is 34.7 Å². The number of hydrogen-bond acceptors (Lipinski definition) is 6. The minimum Gasteiger partial charge on any atom is -0.508 e. The molecule has 3 N–H and O–H groups in total. The molecule has 0 atom stereocenters. The minimum absolute atomic E-state index is 0.0800. The van der Waals surface area contributed by atoms with E-state index in [4.69, 9.17) is 0 Å². The van der Waals surface area contributed by atoms with Crippen molar-refractivity contribution in [1.82, 2.24) is 0 Å². The Morgan fingerprint density at radius 2 is 1.26 bits per heavy atom. The number of amides is 1. The predicted molar refractivity (Wildman–Crippen MR) is 180 cm³/mol. The molecule has 8 nitrogen and oxygen atoms in total. The summed E-state index contributed by atoms with van der Waals surface area (Å²) in [6.07, 6.45) is 20.9. The summed E-state index contributed by atoms with van der Waals surface area (Å²) in [5.74, 6) is -0.677. The number of nitrogens with one attached hydrogen (secondary N) is 1. The van der Waals surface area contributed by atoms with E-state index < -0.39 is 16.2 Å². The first-order valence-corrected chi connectivity index (χ1v) is 17.8. The molecule has 9 heteroatoms. The van der Waals surface area contributed by atoms with Gasteiger partial charge in [0.15, 0.2) is 0 Å². The van der Waals surface area contributed by atoms with Gasteiger partial charge in [-0.3, -0.25) is 9.35 Å². The first-order chi connectivity index (χ1) is 20.7. The first-order valence-electron chi connectivity index (χ1n) is 16.4. The fourth-order valence-electron chi connectivity index (χ4n) is 5.32. The number of rotatable bonds is 24. The zero-order chi connectivity index (χ0) is 31.3. The molecule has 0 radical (unpaired) electrons. The number of nitrogens with zero attached hydrogens (tertiary/aromatic N) is 2. The van der Waals surface area contributed by atoms with Crippen LogP contribution in [0.4, 0.5) is 17.1 Å². The van der Waals surface area contributed by atoms with Gasteiger partial charge in [0.25, 0.3) is 0 Å². The average Bonchev–Trinajstić information content (AvgIpc) is 2.96. The molecule has 2 aromatic carbocycles. The van der Waals surface area contributed by atoms with Crippen LogP contribution in [0.3, 0.4) is 0 Å². The van der Waals surface area contributed by atoms with Gasteiger partial charge >= 0.3 is 10.3 Å². The minimum atomic E-state index is -4.81. The van der Waals surface area contributed by atoms with Gasteiger partial charge < -0.3 is 15.3 Å². The number of carbonyl (C=O) groups is 1. The Morgan fingerprint density at radius 1 is 0.744 bits per heavy atom. The molecule has 0 aliphatic rings. The molecule has 242 valence electrons. The number of phenols is 1. The molecule has 0 aliphatic heterocycles. The van der Waals surface area contributed by atoms with Crippen LogP contribution >= 0.6 is 0 Å². The predicted octanol–water partition coefficient (Wildman–Crippen LogP) is 8.73. The maximum absolute atomic E-state index is 12.9. The van der Waals surface area contributed by atoms with Crippen LogP contribution in [0.2, 0.25) is 0 Å². The van der Waals surface area contributed by atoms with E-state index in [0.717, 1.165) is 25.1 Å². The molecule has 0 heterocycles. The summed E-state index contributed by atoms with van der Waals surface area (Å²) in [4.78, 5) is 14.9. The Labute approximate surface area is 260 Å². The highest BCUT2D eigenvalue weighted by atomic mass is 32.2. The number of anilines is 3. The lowest BCUT2D eigenvalue weighted by atomic mass is 10.0. The highest BCUT2D eigenvalue weighted by molar-refractivity contribution is 7.88. The molecule has 0 saturated heterocycles. The summed E-state index contributed by atoms with van der Waals surface area (Å²) < 4.78 is 34.6. The first kappa shape index (κ1) is 36.4. The molecule has 0 saturated carbocycles. The fraction of sp³-hybridized carbons (Fsp3) is 0.618. The Morgan fingerprint density at radius 3 is 1.79 bits per heavy atom. The molecule has 0 unspecified atom stereocenters. The van der Waals surface area contributed by atoms with Gasteiger partial charge in [-0.2, -0.15) is 12.7 Å². The molecule has 0 aromatic heterocycles. The Bertz CT molecular complexity index is 1160. The van der Waals surface area contributed by atoms with E-state index in [1.165, 1.54) is 108 Å². The van der Waals surface area contributed by atoms with Gasteiger partial charge in [-0.05, 0) is 36.8 Å². The van der Waals surface area contributed by atoms with Gasteiger partial charge in [0.2, 0.25) is 5.91 Å². The largest absolute Gasteiger partial charge is 0.508 e. The average molecular weight is 618 g/mol. The summed E-state index contributed by atoms with van der Waals surface area (Å²) in [5, 5.41) is 12.5. The van der Waals surface area contributed by atoms with Crippen LogP contribution in [0.5, 0.6) is 5.75 Å². The lowest BCUT2D eigenvalue weighted by molar-refractivity contribution is -0.117. The smallest absolute Gasteiger partial charge is 0.366 e. The van der Waals surface area contributed by atoms with E-state index in [1.807, 2.05) is 18.0 Å². The molecule has 0 bridgehead atoms. The van der Waals surface area contributed by atoms with E-state index in [1.54, 1.807) is 24.3 Å². The van der Waals surface area contributed by atoms with Crippen molar-refractivity contribution < 1.29 is 22.9 Å². The zero-order valence-corrected chi connectivity index (χ0v) is 27.3. The van der Waals surface area contributed by atoms with E-state index in [9.17, 15) is 22.9 Å². The van der Waals surface area contributed by atoms with E-state index in [0.29, 0.717) is 9.99 Å². The molecule has 2 aromatic rings. The molecular weight excluding hydrogens is 562 g/mol. The van der Waals surface area contributed by atoms with Gasteiger partial charge in [-0.15, -0.1) is 0 Å². The number of unbranched alkanes of at least 4 members (excludes halogenated alkanes) is 15. The van der Waals surface area contributed by atoms with Crippen LogP contribution in [-0.4, -0.2) is 44.1 Å². The highest BCUT2D eigenvalue weighted by Gasteiger charge is 2.27. The van der Waals surface area contributed by atoms with Crippen LogP contribution in [-0.2, 0) is 15.1 Å². The van der Waals surface area contributed by atoms with Crippen molar-refractivity contribution >= 4 is 33.3 Å². The van der Waals surface area contributed by atoms with Gasteiger partial charge in [-0.1, -0.05) is 115 Å². The molecular formula is C34H55N3O5S. The van der Waals surface area contributed by atoms with Crippen LogP contribution < -0.4 is 14.5 Å². The number of carbonyl (C=O) groups excluding carboxylic acids is 1. The Kier molecular flexibility index (Phi) is 17.8. The molecule has 0 fully saturated rings. The molecule has 0 spiro atoms. The number of benzene rings is 2. The fourth-order valence-corrected chi connectivity index (χ4v) is 6.05. The standard InChI is InChI=1S/C34H55N3O5S/c1-3-4-5-6-7-8-9-10-11-12-13-14-15-16-17-18-27-36(2)31-22-20-23-32(29-31)37(43(40,41)42)34(39)25-26-35-30-21-19-24-33(38)28-30/h19-24,28-29,35,38H,3-18,25-27H2,1-2H3,(H,40,41,42). The van der Waals surface area contributed by atoms with Gasteiger partial charge in [0.05, 0.1) is 5.69 Å². The zero-order valence-electron chi connectivity index (χ0n) is 26.5.